The molecular weight excluding hydrogens is 267 g/mol. The Morgan fingerprint density at radius 1 is 1.24 bits per heavy atom. The predicted octanol–water partition coefficient (Wildman–Crippen LogP) is 4.17. The SMILES string of the molecule is O=C1c2ccccc2OC2C=CCC(/C=C\C=C\F)=CC12. The van der Waals surface area contributed by atoms with Crippen LogP contribution >= 0.6 is 0 Å². The second-order valence-corrected chi connectivity index (χ2v) is 5.02. The Bertz CT molecular complexity index is 668. The molecule has 2 nitrogen and oxygen atoms in total. The highest BCUT2D eigenvalue weighted by Crippen LogP contribution is 2.34. The highest BCUT2D eigenvalue weighted by molar-refractivity contribution is 6.03. The van der Waals surface area contributed by atoms with E-state index in [2.05, 4.69) is 0 Å². The summed E-state index contributed by atoms with van der Waals surface area (Å²) in [6.07, 6.45) is 11.5. The molecule has 0 bridgehead atoms. The van der Waals surface area contributed by atoms with Gasteiger partial charge in [-0.2, -0.15) is 0 Å². The van der Waals surface area contributed by atoms with Gasteiger partial charge in [-0.3, -0.25) is 4.79 Å². The zero-order chi connectivity index (χ0) is 14.7. The Hall–Kier alpha value is -2.42. The van der Waals surface area contributed by atoms with E-state index in [0.717, 1.165) is 5.57 Å². The molecule has 0 N–H and O–H groups in total. The minimum atomic E-state index is -0.326. The Balaban J connectivity index is 1.95. The van der Waals surface area contributed by atoms with Gasteiger partial charge in [0.2, 0.25) is 0 Å². The van der Waals surface area contributed by atoms with E-state index in [0.29, 0.717) is 24.1 Å². The summed E-state index contributed by atoms with van der Waals surface area (Å²) >= 11 is 0. The van der Waals surface area contributed by atoms with Crippen LogP contribution in [0.3, 0.4) is 0 Å². The number of hydrogen-bond acceptors (Lipinski definition) is 2. The second kappa shape index (κ2) is 5.92. The van der Waals surface area contributed by atoms with Crippen LogP contribution in [0.1, 0.15) is 16.8 Å². The maximum Gasteiger partial charge on any atom is 0.177 e. The van der Waals surface area contributed by atoms with Gasteiger partial charge in [0.25, 0.3) is 0 Å². The van der Waals surface area contributed by atoms with Crippen LogP contribution in [0.5, 0.6) is 5.75 Å². The van der Waals surface area contributed by atoms with Gasteiger partial charge in [0.05, 0.1) is 17.8 Å². The summed E-state index contributed by atoms with van der Waals surface area (Å²) in [5.74, 6) is 0.383. The van der Waals surface area contributed by atoms with Gasteiger partial charge < -0.3 is 4.74 Å². The number of fused-ring (bicyclic) bond motifs is 2. The topological polar surface area (TPSA) is 26.3 Å². The molecule has 2 atom stereocenters. The quantitative estimate of drug-likeness (QED) is 0.601. The number of ketones is 1. The van der Waals surface area contributed by atoms with Crippen molar-refractivity contribution in [2.45, 2.75) is 12.5 Å². The molecule has 1 aromatic carbocycles. The lowest BCUT2D eigenvalue weighted by molar-refractivity contribution is 0.0810. The fraction of sp³-hybridized carbons (Fsp3) is 0.167. The summed E-state index contributed by atoms with van der Waals surface area (Å²) in [5.41, 5.74) is 1.60. The first kappa shape index (κ1) is 13.6. The molecule has 1 aliphatic heterocycles. The molecule has 1 aromatic rings. The summed E-state index contributed by atoms with van der Waals surface area (Å²) < 4.78 is 17.9. The molecule has 106 valence electrons. The number of ether oxygens (including phenoxy) is 1. The number of benzene rings is 1. The van der Waals surface area contributed by atoms with Gasteiger partial charge in [0.15, 0.2) is 5.78 Å². The fourth-order valence-corrected chi connectivity index (χ4v) is 2.63. The lowest BCUT2D eigenvalue weighted by Gasteiger charge is -2.28. The molecule has 2 unspecified atom stereocenters. The van der Waals surface area contributed by atoms with Crippen LogP contribution in [0.4, 0.5) is 4.39 Å². The first-order valence-corrected chi connectivity index (χ1v) is 6.90. The minimum absolute atomic E-state index is 0.0698. The summed E-state index contributed by atoms with van der Waals surface area (Å²) in [5, 5.41) is 0. The molecular formula is C18H15FO2. The number of carbonyl (C=O) groups is 1. The Kier molecular flexibility index (Phi) is 3.82. The Morgan fingerprint density at radius 3 is 2.95 bits per heavy atom. The standard InChI is InChI=1S/C18H15FO2/c19-11-4-3-6-13-7-5-10-17-15(12-13)18(20)14-8-1-2-9-16(14)21-17/h1-6,8-12,15,17H,7H2/b6-3-,11-4+. The third-order valence-corrected chi connectivity index (χ3v) is 3.64. The molecule has 1 aliphatic carbocycles. The van der Waals surface area contributed by atoms with Crippen LogP contribution in [0, 0.1) is 5.92 Å². The normalized spacial score (nSPS) is 24.4. The number of para-hydroxylation sites is 1. The molecule has 3 rings (SSSR count). The highest BCUT2D eigenvalue weighted by atomic mass is 19.1. The molecule has 0 radical (unpaired) electrons. The number of rotatable bonds is 2. The van der Waals surface area contributed by atoms with E-state index < -0.39 is 0 Å². The van der Waals surface area contributed by atoms with Crippen LogP contribution in [0.15, 0.2) is 72.6 Å². The molecule has 0 amide bonds. The highest BCUT2D eigenvalue weighted by Gasteiger charge is 2.34. The van der Waals surface area contributed by atoms with Crippen molar-refractivity contribution in [2.24, 2.45) is 5.92 Å². The zero-order valence-corrected chi connectivity index (χ0v) is 11.4. The third kappa shape index (κ3) is 2.72. The monoisotopic (exact) mass is 282 g/mol. The van der Waals surface area contributed by atoms with Crippen molar-refractivity contribution in [3.05, 3.63) is 78.2 Å². The van der Waals surface area contributed by atoms with Crippen LogP contribution in [-0.4, -0.2) is 11.9 Å². The van der Waals surface area contributed by atoms with Crippen molar-refractivity contribution in [3.8, 4) is 5.75 Å². The van der Waals surface area contributed by atoms with Gasteiger partial charge in [-0.15, -0.1) is 0 Å². The summed E-state index contributed by atoms with van der Waals surface area (Å²) in [7, 11) is 0. The maximum absolute atomic E-state index is 12.6. The number of halogens is 1. The van der Waals surface area contributed by atoms with Crippen molar-refractivity contribution in [2.75, 3.05) is 0 Å². The van der Waals surface area contributed by atoms with Crippen LogP contribution in [0.2, 0.25) is 0 Å². The molecule has 3 heteroatoms. The van der Waals surface area contributed by atoms with Crippen LogP contribution in [-0.2, 0) is 0 Å². The molecule has 21 heavy (non-hydrogen) atoms. The van der Waals surface area contributed by atoms with Crippen molar-refractivity contribution < 1.29 is 13.9 Å². The second-order valence-electron chi connectivity index (χ2n) is 5.02. The molecule has 0 saturated heterocycles. The predicted molar refractivity (Wildman–Crippen MR) is 79.9 cm³/mol. The van der Waals surface area contributed by atoms with Gasteiger partial charge in [0.1, 0.15) is 11.9 Å². The average molecular weight is 282 g/mol. The van der Waals surface area contributed by atoms with Gasteiger partial charge >= 0.3 is 0 Å². The Morgan fingerprint density at radius 2 is 2.10 bits per heavy atom. The first-order valence-electron chi connectivity index (χ1n) is 6.90. The van der Waals surface area contributed by atoms with Crippen LogP contribution in [0.25, 0.3) is 0 Å². The van der Waals surface area contributed by atoms with Crippen LogP contribution < -0.4 is 4.74 Å². The number of Topliss-reactive ketones (excluding diaryl/α,β-unsaturated/α-hetero) is 1. The summed E-state index contributed by atoms with van der Waals surface area (Å²) in [4.78, 5) is 12.6. The lowest BCUT2D eigenvalue weighted by atomic mass is 9.88. The average Bonchev–Trinajstić information content (AvgIpc) is 2.70. The first-order chi connectivity index (χ1) is 10.3. The minimum Gasteiger partial charge on any atom is -0.485 e. The smallest absolute Gasteiger partial charge is 0.177 e. The van der Waals surface area contributed by atoms with Gasteiger partial charge in [-0.05, 0) is 36.3 Å². The van der Waals surface area contributed by atoms with Crippen molar-refractivity contribution in [1.82, 2.24) is 0 Å². The number of hydrogen-bond donors (Lipinski definition) is 0. The van der Waals surface area contributed by atoms with E-state index >= 15 is 0 Å². The van der Waals surface area contributed by atoms with Gasteiger partial charge in [-0.1, -0.05) is 36.4 Å². The zero-order valence-electron chi connectivity index (χ0n) is 11.4. The molecule has 2 aliphatic rings. The van der Waals surface area contributed by atoms with E-state index in [4.69, 9.17) is 4.74 Å². The van der Waals surface area contributed by atoms with E-state index in [9.17, 15) is 9.18 Å². The molecule has 1 heterocycles. The van der Waals surface area contributed by atoms with Crippen molar-refractivity contribution in [1.29, 1.82) is 0 Å². The molecule has 0 aromatic heterocycles. The van der Waals surface area contributed by atoms with Crippen molar-refractivity contribution >= 4 is 5.78 Å². The third-order valence-electron chi connectivity index (χ3n) is 3.64. The van der Waals surface area contributed by atoms with Crippen molar-refractivity contribution in [3.63, 3.8) is 0 Å². The van der Waals surface area contributed by atoms with Gasteiger partial charge in [0, 0.05) is 0 Å². The lowest BCUT2D eigenvalue weighted by Crippen LogP contribution is -2.35. The van der Waals surface area contributed by atoms with E-state index in [1.165, 1.54) is 6.08 Å². The largest absolute Gasteiger partial charge is 0.485 e. The van der Waals surface area contributed by atoms with E-state index in [1.807, 2.05) is 42.5 Å². The Labute approximate surface area is 122 Å². The molecule has 0 saturated carbocycles. The summed E-state index contributed by atoms with van der Waals surface area (Å²) in [6.45, 7) is 0. The molecule has 0 spiro atoms. The van der Waals surface area contributed by atoms with E-state index in [-0.39, 0.29) is 17.8 Å². The number of carbonyl (C=O) groups excluding carboxylic acids is 1. The maximum atomic E-state index is 12.6. The molecule has 0 fully saturated rings. The summed E-state index contributed by atoms with van der Waals surface area (Å²) in [6, 6.07) is 7.31. The fourth-order valence-electron chi connectivity index (χ4n) is 2.63. The van der Waals surface area contributed by atoms with E-state index in [1.54, 1.807) is 12.1 Å². The van der Waals surface area contributed by atoms with Gasteiger partial charge in [-0.25, -0.2) is 4.39 Å². The number of allylic oxidation sites excluding steroid dienone is 5.